The second-order valence-electron chi connectivity index (χ2n) is 2.38. The zero-order valence-electron chi connectivity index (χ0n) is 6.10. The van der Waals surface area contributed by atoms with Crippen LogP contribution in [0.15, 0.2) is 24.3 Å². The number of hydrogen-bond acceptors (Lipinski definition) is 0. The van der Waals surface area contributed by atoms with E-state index in [1.165, 1.54) is 21.7 Å². The van der Waals surface area contributed by atoms with Crippen molar-refractivity contribution in [2.45, 2.75) is 19.8 Å². The van der Waals surface area contributed by atoms with E-state index in [0.29, 0.717) is 0 Å². The fraction of sp³-hybridized carbons (Fsp3) is 0.333. The molecule has 0 N–H and O–H groups in total. The molecule has 0 radical (unpaired) electrons. The van der Waals surface area contributed by atoms with Gasteiger partial charge in [-0.15, -0.1) is 0 Å². The summed E-state index contributed by atoms with van der Waals surface area (Å²) in [6, 6.07) is 8.83. The molecule has 0 saturated carbocycles. The van der Waals surface area contributed by atoms with E-state index in [4.69, 9.17) is 0 Å². The third-order valence-electron chi connectivity index (χ3n) is 1.45. The van der Waals surface area contributed by atoms with E-state index in [2.05, 4.69) is 31.2 Å². The van der Waals surface area contributed by atoms with E-state index in [9.17, 15) is 0 Å². The summed E-state index contributed by atoms with van der Waals surface area (Å²) in [6.45, 7) is 2.21. The van der Waals surface area contributed by atoms with Gasteiger partial charge in [-0.25, -0.2) is 0 Å². The topological polar surface area (TPSA) is 0 Å². The monoisotopic (exact) mass is 329 g/mol. The first kappa shape index (κ1) is 8.20. The van der Waals surface area contributed by atoms with Crippen molar-refractivity contribution >= 4 is 3.27 Å². The average molecular weight is 329 g/mol. The molecule has 0 unspecified atom stereocenters. The van der Waals surface area contributed by atoms with Gasteiger partial charge in [-0.2, -0.15) is 0 Å². The van der Waals surface area contributed by atoms with E-state index in [-0.39, 0.29) is 0 Å². The average Bonchev–Trinajstić information content (AvgIpc) is 1.95. The number of rotatable bonds is 2. The van der Waals surface area contributed by atoms with Crippen LogP contribution in [0.4, 0.5) is 0 Å². The van der Waals surface area contributed by atoms with Crippen LogP contribution >= 0.6 is 0 Å². The molecule has 1 aromatic carbocycles. The summed E-state index contributed by atoms with van der Waals surface area (Å²) in [5.41, 5.74) is 1.46. The van der Waals surface area contributed by atoms with Crippen molar-refractivity contribution in [3.8, 4) is 0 Å². The van der Waals surface area contributed by atoms with E-state index >= 15 is 0 Å². The van der Waals surface area contributed by atoms with E-state index in [1.54, 1.807) is 24.7 Å². The van der Waals surface area contributed by atoms with Crippen LogP contribution in [-0.4, -0.2) is 0 Å². The molecule has 0 aliphatic heterocycles. The predicted molar refractivity (Wildman–Crippen MR) is 40.1 cm³/mol. The Labute approximate surface area is 77.5 Å². The molecule has 0 amide bonds. The van der Waals surface area contributed by atoms with Crippen LogP contribution in [0.5, 0.6) is 0 Å². The Morgan fingerprint density at radius 3 is 2.30 bits per heavy atom. The molecule has 0 fully saturated rings. The van der Waals surface area contributed by atoms with Gasteiger partial charge in [0.15, 0.2) is 0 Å². The fourth-order valence-corrected chi connectivity index (χ4v) is 1.43. The van der Waals surface area contributed by atoms with Crippen LogP contribution in [-0.2, 0) is 6.42 Å². The van der Waals surface area contributed by atoms with Gasteiger partial charge in [-0.05, 0) is 0 Å². The van der Waals surface area contributed by atoms with Gasteiger partial charge in [0.25, 0.3) is 0 Å². The molecule has 0 heterocycles. The van der Waals surface area contributed by atoms with Crippen molar-refractivity contribution < 1.29 is 24.7 Å². The Morgan fingerprint density at radius 2 is 1.80 bits per heavy atom. The van der Waals surface area contributed by atoms with Gasteiger partial charge in [0.2, 0.25) is 0 Å². The zero-order valence-corrected chi connectivity index (χ0v) is 9.04. The molecule has 1 heteroatoms. The summed E-state index contributed by atoms with van der Waals surface area (Å²) in [5, 5.41) is 0. The Hall–Kier alpha value is 0.103. The summed E-state index contributed by atoms with van der Waals surface area (Å²) < 4.78 is 1.40. The maximum atomic E-state index is 2.22. The van der Waals surface area contributed by atoms with Crippen LogP contribution in [0.2, 0.25) is 0 Å². The summed E-state index contributed by atoms with van der Waals surface area (Å²) in [7, 11) is 0. The molecule has 0 atom stereocenters. The Kier molecular flexibility index (Phi) is 3.35. The van der Waals surface area contributed by atoms with Crippen molar-refractivity contribution in [1.29, 1.82) is 0 Å². The SMILES string of the molecule is CCCc1ccc([At])cc1. The molecule has 0 aromatic heterocycles. The third kappa shape index (κ3) is 2.38. The molecule has 0 aliphatic rings. The van der Waals surface area contributed by atoms with Gasteiger partial charge in [-0.1, -0.05) is 0 Å². The molecule has 1 rings (SSSR count). The summed E-state index contributed by atoms with van der Waals surface area (Å²) >= 11 is 1.74. The summed E-state index contributed by atoms with van der Waals surface area (Å²) in [6.07, 6.45) is 2.46. The van der Waals surface area contributed by atoms with Crippen LogP contribution in [0, 0.1) is 24.7 Å². The van der Waals surface area contributed by atoms with Gasteiger partial charge < -0.3 is 0 Å². The fourth-order valence-electron chi connectivity index (χ4n) is 0.940. The quantitative estimate of drug-likeness (QED) is 0.776. The molecule has 1 aromatic rings. The Balaban J connectivity index is 2.69. The van der Waals surface area contributed by atoms with Gasteiger partial charge in [0, 0.05) is 0 Å². The Morgan fingerprint density at radius 1 is 1.20 bits per heavy atom. The van der Waals surface area contributed by atoms with Crippen molar-refractivity contribution in [2.75, 3.05) is 0 Å². The second kappa shape index (κ2) is 4.08. The zero-order chi connectivity index (χ0) is 7.40. The van der Waals surface area contributed by atoms with Crippen LogP contribution < -0.4 is 3.27 Å². The summed E-state index contributed by atoms with van der Waals surface area (Å²) in [5.74, 6) is 0. The number of hydrogen-bond donors (Lipinski definition) is 0. The van der Waals surface area contributed by atoms with E-state index < -0.39 is 0 Å². The minimum absolute atomic E-state index is 1.21. The van der Waals surface area contributed by atoms with Gasteiger partial charge in [0.05, 0.1) is 0 Å². The Bertz CT molecular complexity index is 188. The predicted octanol–water partition coefficient (Wildman–Crippen LogP) is 1.81. The molecule has 0 nitrogen and oxygen atoms in total. The van der Waals surface area contributed by atoms with Gasteiger partial charge in [0.1, 0.15) is 0 Å². The van der Waals surface area contributed by atoms with Gasteiger partial charge in [-0.3, -0.25) is 0 Å². The van der Waals surface area contributed by atoms with Crippen LogP contribution in [0.1, 0.15) is 18.9 Å². The van der Waals surface area contributed by atoms with Gasteiger partial charge >= 0.3 is 77.6 Å². The molecule has 54 valence electrons. The first-order chi connectivity index (χ1) is 4.83. The molecule has 0 spiro atoms. The van der Waals surface area contributed by atoms with Crippen molar-refractivity contribution in [3.63, 3.8) is 0 Å². The van der Waals surface area contributed by atoms with Crippen LogP contribution in [0.3, 0.4) is 0 Å². The first-order valence-electron chi connectivity index (χ1n) is 3.57. The summed E-state index contributed by atoms with van der Waals surface area (Å²) in [4.78, 5) is 0. The van der Waals surface area contributed by atoms with E-state index in [0.717, 1.165) is 0 Å². The molecule has 10 heavy (non-hydrogen) atoms. The maximum absolute atomic E-state index is 2.22. The number of aryl methyl sites for hydroxylation is 1. The van der Waals surface area contributed by atoms with E-state index in [1.807, 2.05) is 0 Å². The molecular formula is C9H11At. The number of benzene rings is 1. The third-order valence-corrected chi connectivity index (χ3v) is 2.43. The molecular weight excluding hydrogens is 318 g/mol. The normalized spacial score (nSPS) is 9.80. The molecule has 0 bridgehead atoms. The van der Waals surface area contributed by atoms with Crippen molar-refractivity contribution in [3.05, 3.63) is 29.8 Å². The van der Waals surface area contributed by atoms with Crippen LogP contribution in [0.25, 0.3) is 0 Å². The first-order valence-corrected chi connectivity index (χ1v) is 5.04. The van der Waals surface area contributed by atoms with Crippen molar-refractivity contribution in [2.24, 2.45) is 0 Å². The second-order valence-corrected chi connectivity index (χ2v) is 4.07. The molecule has 0 aliphatic carbocycles. The standard InChI is InChI=1S/C9H11At/c1-2-3-8-4-6-9(10)7-5-8/h4-7H,2-3H2,1H3. The minimum atomic E-state index is 1.21. The van der Waals surface area contributed by atoms with Crippen molar-refractivity contribution in [1.82, 2.24) is 0 Å². The molecule has 0 saturated heterocycles.